The van der Waals surface area contributed by atoms with Crippen molar-refractivity contribution in [2.75, 3.05) is 6.61 Å². The molecule has 0 saturated carbocycles. The van der Waals surface area contributed by atoms with Crippen molar-refractivity contribution in [1.82, 2.24) is 5.32 Å². The molecule has 3 N–H and O–H groups in total. The lowest BCUT2D eigenvalue weighted by atomic mass is 9.86. The van der Waals surface area contributed by atoms with Crippen molar-refractivity contribution in [3.8, 4) is 0 Å². The monoisotopic (exact) mass is 344 g/mol. The lowest BCUT2D eigenvalue weighted by molar-refractivity contribution is -0.155. The quantitative estimate of drug-likeness (QED) is 0.678. The maximum absolute atomic E-state index is 12.2. The lowest BCUT2D eigenvalue weighted by Crippen LogP contribution is -2.53. The van der Waals surface area contributed by atoms with Gasteiger partial charge in [-0.2, -0.15) is 0 Å². The van der Waals surface area contributed by atoms with Crippen molar-refractivity contribution in [1.29, 1.82) is 0 Å². The fraction of sp³-hybridized carbons (Fsp3) is 0.824. The van der Waals surface area contributed by atoms with E-state index in [0.29, 0.717) is 0 Å². The van der Waals surface area contributed by atoms with E-state index in [1.807, 2.05) is 20.8 Å². The highest BCUT2D eigenvalue weighted by molar-refractivity contribution is 5.88. The Morgan fingerprint density at radius 1 is 1.08 bits per heavy atom. The molecule has 7 heteroatoms. The molecule has 0 rings (SSSR count). The second-order valence-corrected chi connectivity index (χ2v) is 7.78. The van der Waals surface area contributed by atoms with Gasteiger partial charge in [0.05, 0.1) is 12.6 Å². The molecular formula is C17H32N2O5. The summed E-state index contributed by atoms with van der Waals surface area (Å²) in [7, 11) is 0. The van der Waals surface area contributed by atoms with Gasteiger partial charge in [0.25, 0.3) is 0 Å². The molecule has 7 nitrogen and oxygen atoms in total. The minimum atomic E-state index is -0.932. The molecule has 24 heavy (non-hydrogen) atoms. The van der Waals surface area contributed by atoms with E-state index in [4.69, 9.17) is 15.2 Å². The highest BCUT2D eigenvalue weighted by Gasteiger charge is 2.31. The van der Waals surface area contributed by atoms with E-state index in [2.05, 4.69) is 5.32 Å². The fourth-order valence-electron chi connectivity index (χ4n) is 1.80. The number of rotatable bonds is 7. The van der Waals surface area contributed by atoms with E-state index in [1.165, 1.54) is 0 Å². The van der Waals surface area contributed by atoms with Crippen molar-refractivity contribution in [2.24, 2.45) is 11.1 Å². The van der Waals surface area contributed by atoms with Crippen LogP contribution in [0.25, 0.3) is 0 Å². The molecule has 0 aromatic rings. The molecule has 0 unspecified atom stereocenters. The molecule has 1 amide bonds. The van der Waals surface area contributed by atoms with Gasteiger partial charge in [-0.3, -0.25) is 9.59 Å². The summed E-state index contributed by atoms with van der Waals surface area (Å²) in [4.78, 5) is 36.1. The van der Waals surface area contributed by atoms with Gasteiger partial charge < -0.3 is 20.5 Å². The van der Waals surface area contributed by atoms with Crippen LogP contribution in [0, 0.1) is 5.41 Å². The zero-order valence-corrected chi connectivity index (χ0v) is 15.9. The first kappa shape index (κ1) is 22.4. The molecule has 0 fully saturated rings. The number of amides is 1. The van der Waals surface area contributed by atoms with Crippen molar-refractivity contribution < 1.29 is 23.9 Å². The summed E-state index contributed by atoms with van der Waals surface area (Å²) in [5.41, 5.74) is 4.85. The van der Waals surface area contributed by atoms with Crippen LogP contribution in [0.1, 0.15) is 61.3 Å². The van der Waals surface area contributed by atoms with Crippen LogP contribution in [-0.4, -0.2) is 42.1 Å². The summed E-state index contributed by atoms with van der Waals surface area (Å²) in [5, 5.41) is 2.58. The van der Waals surface area contributed by atoms with Crippen LogP contribution in [0.2, 0.25) is 0 Å². The van der Waals surface area contributed by atoms with E-state index >= 15 is 0 Å². The molecule has 0 radical (unpaired) electrons. The number of ether oxygens (including phenoxy) is 2. The summed E-state index contributed by atoms with van der Waals surface area (Å²) in [5.74, 6) is -1.48. The summed E-state index contributed by atoms with van der Waals surface area (Å²) >= 11 is 0. The largest absolute Gasteiger partial charge is 0.464 e. The maximum Gasteiger partial charge on any atom is 0.328 e. The first-order valence-corrected chi connectivity index (χ1v) is 8.22. The summed E-state index contributed by atoms with van der Waals surface area (Å²) in [6.45, 7) is 12.6. The molecule has 0 saturated heterocycles. The van der Waals surface area contributed by atoms with Crippen LogP contribution in [0.4, 0.5) is 0 Å². The number of hydrogen-bond donors (Lipinski definition) is 2. The van der Waals surface area contributed by atoms with E-state index in [0.717, 1.165) is 0 Å². The number of carbonyl (C=O) groups is 3. The first-order valence-electron chi connectivity index (χ1n) is 8.22. The Morgan fingerprint density at radius 3 is 2.04 bits per heavy atom. The molecule has 0 aliphatic rings. The predicted molar refractivity (Wildman–Crippen MR) is 91.1 cm³/mol. The van der Waals surface area contributed by atoms with Crippen LogP contribution in [0.5, 0.6) is 0 Å². The number of carbonyl (C=O) groups excluding carboxylic acids is 3. The van der Waals surface area contributed by atoms with Crippen LogP contribution in [0.15, 0.2) is 0 Å². The molecule has 0 aliphatic heterocycles. The third-order valence-electron chi connectivity index (χ3n) is 3.16. The van der Waals surface area contributed by atoms with E-state index < -0.39 is 40.9 Å². The Bertz CT molecular complexity index is 449. The lowest BCUT2D eigenvalue weighted by Gasteiger charge is -2.28. The van der Waals surface area contributed by atoms with Gasteiger partial charge in [0.15, 0.2) is 0 Å². The van der Waals surface area contributed by atoms with Gasteiger partial charge in [-0.1, -0.05) is 20.8 Å². The third-order valence-corrected chi connectivity index (χ3v) is 3.16. The molecule has 0 spiro atoms. The molecule has 0 aromatic carbocycles. The second kappa shape index (κ2) is 9.01. The van der Waals surface area contributed by atoms with Gasteiger partial charge >= 0.3 is 11.9 Å². The van der Waals surface area contributed by atoms with Crippen LogP contribution in [-0.2, 0) is 23.9 Å². The van der Waals surface area contributed by atoms with Crippen molar-refractivity contribution in [3.05, 3.63) is 0 Å². The van der Waals surface area contributed by atoms with Gasteiger partial charge in [-0.05, 0) is 39.5 Å². The standard InChI is InChI=1S/C17H32N2O5/c1-8-23-15(22)11(9-10-12(20)24-17(5,6)7)19-14(21)13(18)16(2,3)4/h11,13H,8-10,18H2,1-7H3,(H,19,21)/t11-,13-/m1/s1. The van der Waals surface area contributed by atoms with Crippen LogP contribution >= 0.6 is 0 Å². The average molecular weight is 344 g/mol. The number of hydrogen-bond acceptors (Lipinski definition) is 6. The van der Waals surface area contributed by atoms with Crippen molar-refractivity contribution in [2.45, 2.75) is 79.0 Å². The summed E-state index contributed by atoms with van der Waals surface area (Å²) in [6.07, 6.45) is 0.0855. The molecule has 0 aliphatic carbocycles. The highest BCUT2D eigenvalue weighted by Crippen LogP contribution is 2.18. The minimum Gasteiger partial charge on any atom is -0.464 e. The van der Waals surface area contributed by atoms with Crippen molar-refractivity contribution in [3.63, 3.8) is 0 Å². The average Bonchev–Trinajstić information content (AvgIpc) is 2.39. The van der Waals surface area contributed by atoms with Crippen LogP contribution in [0.3, 0.4) is 0 Å². The van der Waals surface area contributed by atoms with Gasteiger partial charge in [-0.15, -0.1) is 0 Å². The molecule has 140 valence electrons. The first-order chi connectivity index (χ1) is 10.8. The second-order valence-electron chi connectivity index (χ2n) is 7.78. The van der Waals surface area contributed by atoms with E-state index in [9.17, 15) is 14.4 Å². The Morgan fingerprint density at radius 2 is 1.62 bits per heavy atom. The molecule has 0 heterocycles. The number of nitrogens with two attached hydrogens (primary N) is 1. The van der Waals surface area contributed by atoms with Gasteiger partial charge in [0.2, 0.25) is 5.91 Å². The zero-order chi connectivity index (χ0) is 19.1. The normalized spacial score (nSPS) is 14.5. The molecular weight excluding hydrogens is 312 g/mol. The summed E-state index contributed by atoms with van der Waals surface area (Å²) < 4.78 is 10.2. The van der Waals surface area contributed by atoms with Gasteiger partial charge in [-0.25, -0.2) is 4.79 Å². The molecule has 0 aromatic heterocycles. The fourth-order valence-corrected chi connectivity index (χ4v) is 1.80. The van der Waals surface area contributed by atoms with E-state index in [1.54, 1.807) is 27.7 Å². The van der Waals surface area contributed by atoms with Gasteiger partial charge in [0, 0.05) is 6.42 Å². The highest BCUT2D eigenvalue weighted by atomic mass is 16.6. The zero-order valence-electron chi connectivity index (χ0n) is 15.9. The van der Waals surface area contributed by atoms with Gasteiger partial charge in [0.1, 0.15) is 11.6 Å². The topological polar surface area (TPSA) is 108 Å². The Labute approximate surface area is 144 Å². The smallest absolute Gasteiger partial charge is 0.328 e. The Balaban J connectivity index is 4.85. The van der Waals surface area contributed by atoms with E-state index in [-0.39, 0.29) is 19.4 Å². The molecule has 2 atom stereocenters. The summed E-state index contributed by atoms with van der Waals surface area (Å²) in [6, 6.07) is -1.71. The maximum atomic E-state index is 12.2. The van der Waals surface area contributed by atoms with Crippen LogP contribution < -0.4 is 11.1 Å². The number of nitrogens with one attached hydrogen (secondary N) is 1. The number of esters is 2. The Hall–Kier alpha value is -1.63. The third kappa shape index (κ3) is 8.86. The minimum absolute atomic E-state index is 0.00815. The SMILES string of the molecule is CCOC(=O)[C@@H](CCC(=O)OC(C)(C)C)NC(=O)[C@@H](N)C(C)(C)C. The predicted octanol–water partition coefficient (Wildman–Crippen LogP) is 1.53. The Kier molecular flexibility index (Phi) is 8.40. The molecule has 0 bridgehead atoms. The van der Waals surface area contributed by atoms with Crippen molar-refractivity contribution >= 4 is 17.8 Å².